The Morgan fingerprint density at radius 3 is 2.37 bits per heavy atom. The lowest BCUT2D eigenvalue weighted by atomic mass is 10.0. The van der Waals surface area contributed by atoms with E-state index in [9.17, 15) is 19.5 Å². The normalized spacial score (nSPS) is 16.5. The average Bonchev–Trinajstić information content (AvgIpc) is 3.09. The Balaban J connectivity index is 1.56. The third-order valence-electron chi connectivity index (χ3n) is 8.07. The first-order chi connectivity index (χ1) is 25.5. The molecular formula is C36H63N11O7. The molecule has 2 saturated heterocycles. The zero-order chi connectivity index (χ0) is 39.7. The number of alkyl carbamates (subject to hydrolysis) is 1. The molecule has 5 N–H and O–H groups in total. The number of anilines is 3. The summed E-state index contributed by atoms with van der Waals surface area (Å²) in [6.45, 7) is 17.8. The molecule has 0 radical (unpaired) electrons. The Morgan fingerprint density at radius 2 is 1.74 bits per heavy atom. The van der Waals surface area contributed by atoms with Crippen LogP contribution in [-0.4, -0.2) is 145 Å². The van der Waals surface area contributed by atoms with E-state index in [1.807, 2.05) is 31.7 Å². The zero-order valence-corrected chi connectivity index (χ0v) is 33.4. The van der Waals surface area contributed by atoms with Gasteiger partial charge in [-0.05, 0) is 67.7 Å². The van der Waals surface area contributed by atoms with Crippen LogP contribution in [0, 0.1) is 0 Å². The van der Waals surface area contributed by atoms with Crippen molar-refractivity contribution in [1.82, 2.24) is 30.4 Å². The monoisotopic (exact) mass is 761 g/mol. The molecule has 0 saturated carbocycles. The molecule has 3 amide bonds. The van der Waals surface area contributed by atoms with Crippen molar-refractivity contribution in [3.63, 3.8) is 0 Å². The molecule has 0 aromatic carbocycles. The average molecular weight is 762 g/mol. The van der Waals surface area contributed by atoms with Gasteiger partial charge in [0.2, 0.25) is 11.9 Å². The quantitative estimate of drug-likeness (QED) is 0.114. The number of carbonyl (C=O) groups excluding carboxylic acids is 3. The van der Waals surface area contributed by atoms with Gasteiger partial charge in [-0.25, -0.2) is 9.59 Å². The number of nitrogens with zero attached hydrogens (tertiary/aromatic N) is 7. The number of morpholine rings is 1. The van der Waals surface area contributed by atoms with Crippen molar-refractivity contribution in [2.24, 2.45) is 10.2 Å². The van der Waals surface area contributed by atoms with Crippen LogP contribution in [0.2, 0.25) is 0 Å². The molecule has 3 rings (SSSR count). The molecule has 1 unspecified atom stereocenters. The minimum Gasteiger partial charge on any atom is -0.444 e. The largest absolute Gasteiger partial charge is 0.444 e. The summed E-state index contributed by atoms with van der Waals surface area (Å²) in [5, 5.41) is 30.9. The maximum atomic E-state index is 13.2. The van der Waals surface area contributed by atoms with Crippen molar-refractivity contribution in [3.8, 4) is 0 Å². The van der Waals surface area contributed by atoms with E-state index in [-0.39, 0.29) is 31.5 Å². The number of ether oxygens (including phenoxy) is 3. The standard InChI is InChI=1S/C36H63N11O7/c1-26(48)25-47(34(51)54-36(5,6)7)17-12-31(49)46-15-10-27(11-16-46)41-29-22-30(45-18-20-52-21-19-45)43-32(42-29)40-24-28(44-37-8)23-38-13-9-14-39-33(50)53-35(2,3)4/h22-23,26-27,38,48H,9-21,24-25H2,1-8H3,(H,39,50)(H2,40,41,42,43)/b28-23-,44-37+. The number of azo groups is 1. The number of hydrogen-bond donors (Lipinski definition) is 5. The van der Waals surface area contributed by atoms with Gasteiger partial charge in [0.15, 0.2) is 0 Å². The van der Waals surface area contributed by atoms with Gasteiger partial charge in [0.1, 0.15) is 22.8 Å². The van der Waals surface area contributed by atoms with E-state index < -0.39 is 29.5 Å². The number of carbonyl (C=O) groups is 3. The summed E-state index contributed by atoms with van der Waals surface area (Å²) < 4.78 is 16.3. The van der Waals surface area contributed by atoms with Crippen molar-refractivity contribution >= 4 is 35.7 Å². The second kappa shape index (κ2) is 21.4. The molecule has 2 aliphatic rings. The van der Waals surface area contributed by atoms with Crippen LogP contribution in [0.5, 0.6) is 0 Å². The van der Waals surface area contributed by atoms with Crippen LogP contribution >= 0.6 is 0 Å². The van der Waals surface area contributed by atoms with E-state index in [0.717, 1.165) is 18.7 Å². The van der Waals surface area contributed by atoms with Crippen molar-refractivity contribution in [2.75, 3.05) is 94.7 Å². The molecule has 2 fully saturated rings. The maximum absolute atomic E-state index is 13.2. The fourth-order valence-electron chi connectivity index (χ4n) is 5.61. The number of aliphatic hydroxyl groups is 1. The lowest BCUT2D eigenvalue weighted by molar-refractivity contribution is -0.132. The number of nitrogens with one attached hydrogen (secondary N) is 4. The molecule has 3 heterocycles. The van der Waals surface area contributed by atoms with Crippen LogP contribution in [0.3, 0.4) is 0 Å². The predicted molar refractivity (Wildman–Crippen MR) is 207 cm³/mol. The lowest BCUT2D eigenvalue weighted by Crippen LogP contribution is -2.45. The van der Waals surface area contributed by atoms with Gasteiger partial charge < -0.3 is 55.3 Å². The lowest BCUT2D eigenvalue weighted by Gasteiger charge is -2.34. The molecule has 18 heteroatoms. The number of amides is 3. The van der Waals surface area contributed by atoms with Gasteiger partial charge in [-0.15, -0.1) is 0 Å². The van der Waals surface area contributed by atoms with Gasteiger partial charge in [-0.3, -0.25) is 4.79 Å². The molecule has 1 atom stereocenters. The van der Waals surface area contributed by atoms with Gasteiger partial charge >= 0.3 is 12.2 Å². The number of rotatable bonds is 17. The number of aromatic nitrogens is 2. The van der Waals surface area contributed by atoms with Crippen LogP contribution in [-0.2, 0) is 19.0 Å². The Morgan fingerprint density at radius 1 is 1.06 bits per heavy atom. The van der Waals surface area contributed by atoms with Crippen molar-refractivity contribution in [1.29, 1.82) is 0 Å². The molecule has 54 heavy (non-hydrogen) atoms. The molecule has 1 aromatic heterocycles. The van der Waals surface area contributed by atoms with Crippen LogP contribution in [0.1, 0.15) is 74.1 Å². The van der Waals surface area contributed by atoms with Crippen LogP contribution in [0.25, 0.3) is 0 Å². The predicted octanol–water partition coefficient (Wildman–Crippen LogP) is 3.56. The molecule has 2 aliphatic heterocycles. The van der Waals surface area contributed by atoms with Crippen molar-refractivity contribution < 1.29 is 33.7 Å². The highest BCUT2D eigenvalue weighted by molar-refractivity contribution is 5.77. The highest BCUT2D eigenvalue weighted by atomic mass is 16.6. The van der Waals surface area contributed by atoms with E-state index in [4.69, 9.17) is 24.2 Å². The summed E-state index contributed by atoms with van der Waals surface area (Å²) in [6, 6.07) is 2.03. The number of hydrogen-bond acceptors (Lipinski definition) is 15. The molecule has 0 bridgehead atoms. The first-order valence-electron chi connectivity index (χ1n) is 18.9. The minimum atomic E-state index is -0.745. The van der Waals surface area contributed by atoms with E-state index in [1.165, 1.54) is 4.90 Å². The van der Waals surface area contributed by atoms with Gasteiger partial charge in [-0.1, -0.05) is 0 Å². The molecule has 0 spiro atoms. The number of piperidine rings is 1. The van der Waals surface area contributed by atoms with E-state index in [0.29, 0.717) is 82.9 Å². The summed E-state index contributed by atoms with van der Waals surface area (Å²) in [5.41, 5.74) is -0.580. The highest BCUT2D eigenvalue weighted by Gasteiger charge is 2.27. The number of likely N-dealkylation sites (tertiary alicyclic amines) is 1. The Kier molecular flexibility index (Phi) is 17.5. The van der Waals surface area contributed by atoms with Crippen molar-refractivity contribution in [2.45, 2.75) is 97.5 Å². The molecule has 1 aromatic rings. The first-order valence-corrected chi connectivity index (χ1v) is 18.9. The SMILES string of the molecule is C/N=N/C(=C\NCCCNC(=O)OC(C)(C)C)CNc1nc(NC2CCN(C(=O)CCN(CC(C)O)C(=O)OC(C)(C)C)CC2)cc(N2CCOCC2)n1. The van der Waals surface area contributed by atoms with Crippen LogP contribution in [0.15, 0.2) is 28.2 Å². The second-order valence-corrected chi connectivity index (χ2v) is 15.4. The molecular weight excluding hydrogens is 698 g/mol. The Labute approximate surface area is 319 Å². The Bertz CT molecular complexity index is 1400. The zero-order valence-electron chi connectivity index (χ0n) is 33.4. The fraction of sp³-hybridized carbons (Fsp3) is 0.750. The Hall–Kier alpha value is -4.45. The van der Waals surface area contributed by atoms with E-state index >= 15 is 0 Å². The summed E-state index contributed by atoms with van der Waals surface area (Å²) in [6.07, 6.45) is 2.30. The summed E-state index contributed by atoms with van der Waals surface area (Å²) in [5.74, 6) is 1.83. The first kappa shape index (κ1) is 44.0. The second-order valence-electron chi connectivity index (χ2n) is 15.4. The molecule has 18 nitrogen and oxygen atoms in total. The highest BCUT2D eigenvalue weighted by Crippen LogP contribution is 2.23. The molecule has 0 aliphatic carbocycles. The van der Waals surface area contributed by atoms with E-state index in [1.54, 1.807) is 40.9 Å². The van der Waals surface area contributed by atoms with Gasteiger partial charge in [0.05, 0.1) is 31.6 Å². The number of aliphatic hydroxyl groups excluding tert-OH is 1. The molecule has 304 valence electrons. The topological polar surface area (TPSA) is 207 Å². The third-order valence-corrected chi connectivity index (χ3v) is 8.07. The van der Waals surface area contributed by atoms with Crippen LogP contribution < -0.4 is 26.2 Å². The minimum absolute atomic E-state index is 0.0456. The van der Waals surface area contributed by atoms with Gasteiger partial charge in [0, 0.05) is 84.1 Å². The third kappa shape index (κ3) is 17.1. The van der Waals surface area contributed by atoms with Gasteiger partial charge in [0.25, 0.3) is 0 Å². The summed E-state index contributed by atoms with van der Waals surface area (Å²) in [7, 11) is 1.60. The van der Waals surface area contributed by atoms with Crippen LogP contribution in [0.4, 0.5) is 27.2 Å². The maximum Gasteiger partial charge on any atom is 0.410 e. The summed E-state index contributed by atoms with van der Waals surface area (Å²) >= 11 is 0. The summed E-state index contributed by atoms with van der Waals surface area (Å²) in [4.78, 5) is 52.6. The van der Waals surface area contributed by atoms with Gasteiger partial charge in [-0.2, -0.15) is 20.2 Å². The van der Waals surface area contributed by atoms with E-state index in [2.05, 4.69) is 36.4 Å². The smallest absolute Gasteiger partial charge is 0.410 e. The van der Waals surface area contributed by atoms with Crippen molar-refractivity contribution in [3.05, 3.63) is 18.0 Å². The fourth-order valence-corrected chi connectivity index (χ4v) is 5.61.